The predicted octanol–water partition coefficient (Wildman–Crippen LogP) is 2.20. The van der Waals surface area contributed by atoms with E-state index >= 15 is 0 Å². The van der Waals surface area contributed by atoms with E-state index in [0.29, 0.717) is 18.7 Å². The molecule has 1 fully saturated rings. The van der Waals surface area contributed by atoms with Crippen molar-refractivity contribution in [2.24, 2.45) is 5.92 Å². The molecule has 0 aromatic heterocycles. The van der Waals surface area contributed by atoms with Crippen LogP contribution in [0.25, 0.3) is 0 Å². The maximum Gasteiger partial charge on any atom is 0.253 e. The van der Waals surface area contributed by atoms with E-state index < -0.39 is 0 Å². The largest absolute Gasteiger partial charge is 0.354 e. The third kappa shape index (κ3) is 4.03. The minimum Gasteiger partial charge on any atom is -0.354 e. The van der Waals surface area contributed by atoms with Gasteiger partial charge in [-0.15, -0.1) is 0 Å². The smallest absolute Gasteiger partial charge is 0.253 e. The fourth-order valence-electron chi connectivity index (χ4n) is 2.55. The zero-order chi connectivity index (χ0) is 15.4. The molecule has 0 bridgehead atoms. The number of halogens is 1. The number of likely N-dealkylation sites (tertiary alicyclic amines) is 1. The van der Waals surface area contributed by atoms with Crippen molar-refractivity contribution in [1.29, 1.82) is 0 Å². The van der Waals surface area contributed by atoms with Crippen LogP contribution in [0.5, 0.6) is 0 Å². The lowest BCUT2D eigenvalue weighted by Crippen LogP contribution is -2.46. The Morgan fingerprint density at radius 3 is 2.57 bits per heavy atom. The molecule has 21 heavy (non-hydrogen) atoms. The zero-order valence-electron chi connectivity index (χ0n) is 12.4. The number of amides is 2. The molecule has 1 aliphatic heterocycles. The van der Waals surface area contributed by atoms with Crippen LogP contribution in [0.3, 0.4) is 0 Å². The van der Waals surface area contributed by atoms with Gasteiger partial charge in [0.05, 0.1) is 5.92 Å². The molecular formula is C16H21FN2O2. The molecule has 0 spiro atoms. The van der Waals surface area contributed by atoms with E-state index in [1.165, 1.54) is 24.3 Å². The first-order chi connectivity index (χ1) is 9.97. The quantitative estimate of drug-likeness (QED) is 0.928. The highest BCUT2D eigenvalue weighted by molar-refractivity contribution is 5.94. The lowest BCUT2D eigenvalue weighted by molar-refractivity contribution is -0.126. The summed E-state index contributed by atoms with van der Waals surface area (Å²) in [5, 5.41) is 2.89. The fraction of sp³-hybridized carbons (Fsp3) is 0.500. The summed E-state index contributed by atoms with van der Waals surface area (Å²) in [5.74, 6) is -0.663. The molecule has 1 N–H and O–H groups in total. The van der Waals surface area contributed by atoms with Crippen molar-refractivity contribution in [2.45, 2.75) is 32.7 Å². The molecule has 2 amide bonds. The van der Waals surface area contributed by atoms with Crippen LogP contribution in [0.4, 0.5) is 4.39 Å². The summed E-state index contributed by atoms with van der Waals surface area (Å²) < 4.78 is 12.9. The Kier molecular flexibility index (Phi) is 4.94. The number of carbonyl (C=O) groups is 2. The molecular weight excluding hydrogens is 271 g/mol. The topological polar surface area (TPSA) is 49.4 Å². The van der Waals surface area contributed by atoms with E-state index in [1.807, 2.05) is 13.8 Å². The van der Waals surface area contributed by atoms with Crippen LogP contribution in [0, 0.1) is 11.7 Å². The zero-order valence-corrected chi connectivity index (χ0v) is 12.4. The predicted molar refractivity (Wildman–Crippen MR) is 78.3 cm³/mol. The highest BCUT2D eigenvalue weighted by Crippen LogP contribution is 2.19. The van der Waals surface area contributed by atoms with Crippen LogP contribution < -0.4 is 5.32 Å². The van der Waals surface area contributed by atoms with Crippen molar-refractivity contribution in [1.82, 2.24) is 10.2 Å². The Balaban J connectivity index is 2.01. The van der Waals surface area contributed by atoms with Crippen LogP contribution in [-0.2, 0) is 4.79 Å². The van der Waals surface area contributed by atoms with Gasteiger partial charge in [0.25, 0.3) is 5.91 Å². The van der Waals surface area contributed by atoms with Crippen LogP contribution in [-0.4, -0.2) is 35.8 Å². The number of benzene rings is 1. The lowest BCUT2D eigenvalue weighted by Gasteiger charge is -2.32. The SMILES string of the molecule is CC(C)NC(=O)C1CCCN(C(=O)c2ccc(F)cc2)C1. The average Bonchev–Trinajstić information content (AvgIpc) is 2.47. The van der Waals surface area contributed by atoms with Crippen LogP contribution in [0.1, 0.15) is 37.0 Å². The summed E-state index contributed by atoms with van der Waals surface area (Å²) in [7, 11) is 0. The molecule has 2 rings (SSSR count). The Morgan fingerprint density at radius 2 is 1.95 bits per heavy atom. The molecule has 1 atom stereocenters. The molecule has 5 heteroatoms. The van der Waals surface area contributed by atoms with Crippen molar-refractivity contribution < 1.29 is 14.0 Å². The molecule has 0 saturated carbocycles. The van der Waals surface area contributed by atoms with E-state index in [0.717, 1.165) is 12.8 Å². The molecule has 1 aliphatic rings. The monoisotopic (exact) mass is 292 g/mol. The van der Waals surface area contributed by atoms with Crippen molar-refractivity contribution in [3.05, 3.63) is 35.6 Å². The Labute approximate surface area is 124 Å². The number of nitrogens with zero attached hydrogens (tertiary/aromatic N) is 1. The third-order valence-electron chi connectivity index (χ3n) is 3.60. The minimum absolute atomic E-state index is 0.00149. The van der Waals surface area contributed by atoms with E-state index in [4.69, 9.17) is 0 Å². The standard InChI is InChI=1S/C16H21FN2O2/c1-11(2)18-15(20)13-4-3-9-19(10-13)16(21)12-5-7-14(17)8-6-12/h5-8,11,13H,3-4,9-10H2,1-2H3,(H,18,20). The normalized spacial score (nSPS) is 18.7. The van der Waals surface area contributed by atoms with Gasteiger partial charge in [0, 0.05) is 24.7 Å². The highest BCUT2D eigenvalue weighted by atomic mass is 19.1. The number of rotatable bonds is 3. The number of hydrogen-bond donors (Lipinski definition) is 1. The number of piperidine rings is 1. The van der Waals surface area contributed by atoms with E-state index in [-0.39, 0.29) is 29.6 Å². The molecule has 114 valence electrons. The van der Waals surface area contributed by atoms with E-state index in [1.54, 1.807) is 4.90 Å². The Bertz CT molecular complexity index is 514. The Hall–Kier alpha value is -1.91. The van der Waals surface area contributed by atoms with Crippen LogP contribution >= 0.6 is 0 Å². The van der Waals surface area contributed by atoms with Gasteiger partial charge in [-0.2, -0.15) is 0 Å². The van der Waals surface area contributed by atoms with Crippen LogP contribution in [0.15, 0.2) is 24.3 Å². The summed E-state index contributed by atoms with van der Waals surface area (Å²) in [6.07, 6.45) is 1.61. The van der Waals surface area contributed by atoms with E-state index in [9.17, 15) is 14.0 Å². The summed E-state index contributed by atoms with van der Waals surface area (Å²) in [5.41, 5.74) is 0.460. The van der Waals surface area contributed by atoms with Gasteiger partial charge in [0.1, 0.15) is 5.82 Å². The van der Waals surface area contributed by atoms with Crippen molar-refractivity contribution >= 4 is 11.8 Å². The molecule has 1 aromatic carbocycles. The van der Waals surface area contributed by atoms with Gasteiger partial charge in [0.15, 0.2) is 0 Å². The molecule has 4 nitrogen and oxygen atoms in total. The number of nitrogens with one attached hydrogen (secondary N) is 1. The highest BCUT2D eigenvalue weighted by Gasteiger charge is 2.29. The minimum atomic E-state index is -0.362. The summed E-state index contributed by atoms with van der Waals surface area (Å²) in [6, 6.07) is 5.62. The maximum absolute atomic E-state index is 12.9. The van der Waals surface area contributed by atoms with Gasteiger partial charge in [-0.1, -0.05) is 0 Å². The van der Waals surface area contributed by atoms with Gasteiger partial charge in [-0.05, 0) is 51.0 Å². The summed E-state index contributed by atoms with van der Waals surface area (Å²) >= 11 is 0. The Morgan fingerprint density at radius 1 is 1.29 bits per heavy atom. The molecule has 0 aliphatic carbocycles. The summed E-state index contributed by atoms with van der Waals surface area (Å²) in [4.78, 5) is 26.1. The fourth-order valence-corrected chi connectivity index (χ4v) is 2.55. The van der Waals surface area contributed by atoms with E-state index in [2.05, 4.69) is 5.32 Å². The second kappa shape index (κ2) is 6.70. The third-order valence-corrected chi connectivity index (χ3v) is 3.60. The van der Waals surface area contributed by atoms with Gasteiger partial charge < -0.3 is 10.2 Å². The number of hydrogen-bond acceptors (Lipinski definition) is 2. The van der Waals surface area contributed by atoms with Gasteiger partial charge in [-0.25, -0.2) is 4.39 Å². The van der Waals surface area contributed by atoms with Gasteiger partial charge in [-0.3, -0.25) is 9.59 Å². The summed E-state index contributed by atoms with van der Waals surface area (Å²) in [6.45, 7) is 4.90. The van der Waals surface area contributed by atoms with Gasteiger partial charge >= 0.3 is 0 Å². The molecule has 1 aromatic rings. The first kappa shape index (κ1) is 15.5. The van der Waals surface area contributed by atoms with Crippen molar-refractivity contribution in [3.63, 3.8) is 0 Å². The molecule has 0 radical (unpaired) electrons. The molecule has 1 heterocycles. The van der Waals surface area contributed by atoms with Crippen molar-refractivity contribution in [2.75, 3.05) is 13.1 Å². The number of carbonyl (C=O) groups excluding carboxylic acids is 2. The van der Waals surface area contributed by atoms with Crippen LogP contribution in [0.2, 0.25) is 0 Å². The first-order valence-corrected chi connectivity index (χ1v) is 7.32. The maximum atomic E-state index is 12.9. The van der Waals surface area contributed by atoms with Crippen molar-refractivity contribution in [3.8, 4) is 0 Å². The second-order valence-electron chi connectivity index (χ2n) is 5.76. The second-order valence-corrected chi connectivity index (χ2v) is 5.76. The molecule has 1 saturated heterocycles. The lowest BCUT2D eigenvalue weighted by atomic mass is 9.96. The first-order valence-electron chi connectivity index (χ1n) is 7.32. The average molecular weight is 292 g/mol. The van der Waals surface area contributed by atoms with Gasteiger partial charge in [0.2, 0.25) is 5.91 Å². The molecule has 1 unspecified atom stereocenters.